The summed E-state index contributed by atoms with van der Waals surface area (Å²) in [5, 5.41) is 0.509. The number of nitrogens with zero attached hydrogens (tertiary/aromatic N) is 2. The van der Waals surface area contributed by atoms with Crippen LogP contribution in [0.4, 0.5) is 0 Å². The lowest BCUT2D eigenvalue weighted by Crippen LogP contribution is -2.14. The highest BCUT2D eigenvalue weighted by molar-refractivity contribution is 9.10. The maximum atomic E-state index is 6.18. The van der Waals surface area contributed by atoms with Gasteiger partial charge in [-0.3, -0.25) is 0 Å². The van der Waals surface area contributed by atoms with E-state index in [4.69, 9.17) is 16.3 Å². The Balaban J connectivity index is 1.92. The molecular weight excluding hydrogens is 316 g/mol. The van der Waals surface area contributed by atoms with Crippen LogP contribution in [0.15, 0.2) is 4.47 Å². The molecule has 2 fully saturated rings. The van der Waals surface area contributed by atoms with Gasteiger partial charge in [0.15, 0.2) is 0 Å². The minimum absolute atomic E-state index is 0.469. The molecule has 2 saturated carbocycles. The van der Waals surface area contributed by atoms with E-state index in [1.807, 2.05) is 0 Å². The van der Waals surface area contributed by atoms with E-state index in [-0.39, 0.29) is 0 Å². The molecule has 5 heteroatoms. The summed E-state index contributed by atoms with van der Waals surface area (Å²) in [5.41, 5.74) is 0.857. The van der Waals surface area contributed by atoms with Crippen LogP contribution < -0.4 is 0 Å². The average molecular weight is 332 g/mol. The highest BCUT2D eigenvalue weighted by Gasteiger charge is 2.41. The fraction of sp³-hybridized carbons (Fsp3) is 0.692. The summed E-state index contributed by atoms with van der Waals surface area (Å²) >= 11 is 9.61. The number of fused-ring (bicyclic) bond motifs is 2. The lowest BCUT2D eigenvalue weighted by Gasteiger charge is -2.21. The van der Waals surface area contributed by atoms with E-state index in [0.717, 1.165) is 27.8 Å². The van der Waals surface area contributed by atoms with Crippen molar-refractivity contribution in [1.82, 2.24) is 9.97 Å². The third kappa shape index (κ3) is 2.19. The molecule has 3 unspecified atom stereocenters. The Bertz CT molecular complexity index is 469. The summed E-state index contributed by atoms with van der Waals surface area (Å²) < 4.78 is 5.93. The van der Waals surface area contributed by atoms with Gasteiger partial charge in [0.1, 0.15) is 11.0 Å². The molecule has 1 aromatic heterocycles. The van der Waals surface area contributed by atoms with Gasteiger partial charge in [0.2, 0.25) is 0 Å². The molecule has 2 aliphatic rings. The van der Waals surface area contributed by atoms with Crippen LogP contribution in [0.5, 0.6) is 0 Å². The van der Waals surface area contributed by atoms with Gasteiger partial charge in [-0.2, -0.15) is 0 Å². The van der Waals surface area contributed by atoms with Crippen molar-refractivity contribution in [2.45, 2.75) is 38.2 Å². The minimum atomic E-state index is 0.469. The Labute approximate surface area is 120 Å². The molecule has 2 aliphatic carbocycles. The fourth-order valence-electron chi connectivity index (χ4n) is 3.44. The van der Waals surface area contributed by atoms with Crippen molar-refractivity contribution in [1.29, 1.82) is 0 Å². The maximum absolute atomic E-state index is 6.18. The molecule has 0 spiro atoms. The van der Waals surface area contributed by atoms with E-state index >= 15 is 0 Å². The Kier molecular flexibility index (Phi) is 3.61. The van der Waals surface area contributed by atoms with Crippen LogP contribution in [0.2, 0.25) is 5.15 Å². The highest BCUT2D eigenvalue weighted by Crippen LogP contribution is 2.52. The largest absolute Gasteiger partial charge is 0.378 e. The minimum Gasteiger partial charge on any atom is -0.378 e. The molecule has 0 amide bonds. The van der Waals surface area contributed by atoms with Crippen molar-refractivity contribution >= 4 is 27.5 Å². The monoisotopic (exact) mass is 330 g/mol. The average Bonchev–Trinajstić information content (AvgIpc) is 2.97. The van der Waals surface area contributed by atoms with Gasteiger partial charge in [-0.25, -0.2) is 9.97 Å². The smallest absolute Gasteiger partial charge is 0.147 e. The third-order valence-corrected chi connectivity index (χ3v) is 5.58. The molecule has 0 N–H and O–H groups in total. The zero-order chi connectivity index (χ0) is 12.7. The van der Waals surface area contributed by atoms with Crippen LogP contribution in [0.25, 0.3) is 0 Å². The second-order valence-electron chi connectivity index (χ2n) is 5.35. The summed E-state index contributed by atoms with van der Waals surface area (Å²) in [4.78, 5) is 9.12. The van der Waals surface area contributed by atoms with Crippen LogP contribution in [0.3, 0.4) is 0 Å². The number of hydrogen-bond donors (Lipinski definition) is 0. The second-order valence-corrected chi connectivity index (χ2v) is 6.50. The van der Waals surface area contributed by atoms with Crippen molar-refractivity contribution in [2.75, 3.05) is 7.11 Å². The molecule has 98 valence electrons. The van der Waals surface area contributed by atoms with Crippen LogP contribution >= 0.6 is 27.5 Å². The number of rotatable bonds is 3. The van der Waals surface area contributed by atoms with Gasteiger partial charge in [0, 0.05) is 13.0 Å². The molecule has 2 bridgehead atoms. The quantitative estimate of drug-likeness (QED) is 0.787. The van der Waals surface area contributed by atoms with Crippen LogP contribution in [0, 0.1) is 11.8 Å². The van der Waals surface area contributed by atoms with E-state index in [1.54, 1.807) is 7.11 Å². The molecule has 0 aliphatic heterocycles. The predicted molar refractivity (Wildman–Crippen MR) is 73.6 cm³/mol. The molecule has 3 nitrogen and oxygen atoms in total. The Morgan fingerprint density at radius 1 is 1.33 bits per heavy atom. The molecule has 3 rings (SSSR count). The van der Waals surface area contributed by atoms with Crippen molar-refractivity contribution in [2.24, 2.45) is 11.8 Å². The zero-order valence-electron chi connectivity index (χ0n) is 10.3. The van der Waals surface area contributed by atoms with Gasteiger partial charge in [-0.05, 0) is 47.0 Å². The van der Waals surface area contributed by atoms with E-state index in [9.17, 15) is 0 Å². The van der Waals surface area contributed by atoms with E-state index in [0.29, 0.717) is 17.7 Å². The summed E-state index contributed by atoms with van der Waals surface area (Å²) in [6.07, 6.45) is 5.29. The summed E-state index contributed by atoms with van der Waals surface area (Å²) in [6.45, 7) is 0.469. The lowest BCUT2D eigenvalue weighted by atomic mass is 9.88. The van der Waals surface area contributed by atoms with Crippen LogP contribution in [0.1, 0.15) is 43.1 Å². The second kappa shape index (κ2) is 5.06. The van der Waals surface area contributed by atoms with E-state index in [2.05, 4.69) is 25.9 Å². The first-order valence-corrected chi connectivity index (χ1v) is 7.57. The van der Waals surface area contributed by atoms with E-state index < -0.39 is 0 Å². The highest BCUT2D eigenvalue weighted by atomic mass is 79.9. The molecule has 1 heterocycles. The number of halogens is 2. The number of methoxy groups -OCH3 is 1. The van der Waals surface area contributed by atoms with Crippen LogP contribution in [-0.4, -0.2) is 17.1 Å². The van der Waals surface area contributed by atoms with E-state index in [1.165, 1.54) is 25.7 Å². The molecule has 18 heavy (non-hydrogen) atoms. The molecule has 0 aromatic carbocycles. The lowest BCUT2D eigenvalue weighted by molar-refractivity contribution is 0.180. The molecule has 1 aromatic rings. The summed E-state index contributed by atoms with van der Waals surface area (Å²) in [5.74, 6) is 3.08. The molecule has 3 atom stereocenters. The maximum Gasteiger partial charge on any atom is 0.147 e. The van der Waals surface area contributed by atoms with Crippen molar-refractivity contribution in [3.8, 4) is 0 Å². The SMILES string of the molecule is COCc1nc(C2CC3CCC2C3)nc(Cl)c1Br. The van der Waals surface area contributed by atoms with Gasteiger partial charge in [-0.15, -0.1) is 0 Å². The molecular formula is C13H16BrClN2O. The first-order chi connectivity index (χ1) is 8.69. The van der Waals surface area contributed by atoms with Crippen molar-refractivity contribution in [3.05, 3.63) is 21.1 Å². The Morgan fingerprint density at radius 3 is 2.78 bits per heavy atom. The first-order valence-electron chi connectivity index (χ1n) is 6.39. The van der Waals surface area contributed by atoms with Gasteiger partial charge in [-0.1, -0.05) is 18.0 Å². The molecule has 0 saturated heterocycles. The predicted octanol–water partition coefficient (Wildman–Crippen LogP) is 3.94. The third-order valence-electron chi connectivity index (χ3n) is 4.25. The van der Waals surface area contributed by atoms with Gasteiger partial charge in [0.25, 0.3) is 0 Å². The summed E-state index contributed by atoms with van der Waals surface area (Å²) in [6, 6.07) is 0. The number of ether oxygens (including phenoxy) is 1. The molecule has 0 radical (unpaired) electrons. The zero-order valence-corrected chi connectivity index (χ0v) is 12.7. The fourth-order valence-corrected chi connectivity index (χ4v) is 3.93. The van der Waals surface area contributed by atoms with Gasteiger partial charge >= 0.3 is 0 Å². The van der Waals surface area contributed by atoms with Gasteiger partial charge < -0.3 is 4.74 Å². The Hall–Kier alpha value is -0.190. The van der Waals surface area contributed by atoms with Crippen LogP contribution in [-0.2, 0) is 11.3 Å². The van der Waals surface area contributed by atoms with Crippen molar-refractivity contribution < 1.29 is 4.74 Å². The first kappa shape index (κ1) is 12.8. The summed E-state index contributed by atoms with van der Waals surface area (Å²) in [7, 11) is 1.67. The standard InChI is InChI=1S/C13H16BrClN2O/c1-18-6-10-11(14)12(15)17-13(16-10)9-5-7-2-3-8(9)4-7/h7-9H,2-6H2,1H3. The number of aromatic nitrogens is 2. The Morgan fingerprint density at radius 2 is 2.17 bits per heavy atom. The topological polar surface area (TPSA) is 35.0 Å². The normalized spacial score (nSPS) is 30.1. The van der Waals surface area contributed by atoms with Crippen molar-refractivity contribution in [3.63, 3.8) is 0 Å². The van der Waals surface area contributed by atoms with Gasteiger partial charge in [0.05, 0.1) is 16.8 Å². The number of hydrogen-bond acceptors (Lipinski definition) is 3.